The Morgan fingerprint density at radius 2 is 2.00 bits per heavy atom. The first-order valence-corrected chi connectivity index (χ1v) is 9.87. The van der Waals surface area contributed by atoms with E-state index in [-0.39, 0.29) is 0 Å². The third-order valence-corrected chi connectivity index (χ3v) is 6.16. The van der Waals surface area contributed by atoms with Crippen LogP contribution < -0.4 is 0 Å². The van der Waals surface area contributed by atoms with E-state index in [1.807, 2.05) is 12.1 Å². The molecule has 0 spiro atoms. The minimum absolute atomic E-state index is 0.388. The molecule has 2 aromatic carbocycles. The van der Waals surface area contributed by atoms with Crippen LogP contribution in [0.25, 0.3) is 0 Å². The van der Waals surface area contributed by atoms with Crippen molar-refractivity contribution < 1.29 is 4.84 Å². The van der Waals surface area contributed by atoms with Gasteiger partial charge in [0.1, 0.15) is 0 Å². The van der Waals surface area contributed by atoms with Crippen LogP contribution in [-0.2, 0) is 11.4 Å². The Labute approximate surface area is 162 Å². The monoisotopic (exact) mass is 420 g/mol. The number of piperidine rings is 1. The predicted octanol–water partition coefficient (Wildman–Crippen LogP) is 4.91. The molecule has 3 nitrogen and oxygen atoms in total. The van der Waals surface area contributed by atoms with Crippen LogP contribution in [0.2, 0.25) is 5.02 Å². The maximum absolute atomic E-state index is 6.04. The number of hydroxylamine groups is 2. The standard InChI is InChI=1S/C20H22BrClN2O/c1-23-19-10-20(15-3-2-4-17(21)9-15)24(12-16(19)13-25-23)11-14-5-7-18(22)8-6-14/h2-9,16,19-20H,10-13H2,1H3/t16-,19-,20-/m0/s1. The van der Waals surface area contributed by atoms with E-state index < -0.39 is 0 Å². The van der Waals surface area contributed by atoms with Crippen molar-refractivity contribution in [3.63, 3.8) is 0 Å². The van der Waals surface area contributed by atoms with Crippen LogP contribution >= 0.6 is 27.5 Å². The molecule has 4 rings (SSSR count). The second kappa shape index (κ2) is 7.37. The van der Waals surface area contributed by atoms with Gasteiger partial charge in [0.25, 0.3) is 0 Å². The van der Waals surface area contributed by atoms with Gasteiger partial charge in [-0.25, -0.2) is 0 Å². The summed E-state index contributed by atoms with van der Waals surface area (Å²) in [6.07, 6.45) is 1.09. The van der Waals surface area contributed by atoms with Gasteiger partial charge in [-0.15, -0.1) is 0 Å². The van der Waals surface area contributed by atoms with E-state index in [4.69, 9.17) is 16.4 Å². The Bertz CT molecular complexity index is 739. The first-order valence-electron chi connectivity index (χ1n) is 8.70. The van der Waals surface area contributed by atoms with Crippen molar-refractivity contribution in [3.05, 3.63) is 69.2 Å². The van der Waals surface area contributed by atoms with Gasteiger partial charge in [0.05, 0.1) is 6.61 Å². The van der Waals surface area contributed by atoms with E-state index in [1.54, 1.807) is 0 Å². The fourth-order valence-electron chi connectivity index (χ4n) is 4.10. The second-order valence-corrected chi connectivity index (χ2v) is 8.38. The number of halogens is 2. The Balaban J connectivity index is 1.62. The third-order valence-electron chi connectivity index (χ3n) is 5.41. The van der Waals surface area contributed by atoms with E-state index >= 15 is 0 Å². The average Bonchev–Trinajstić information content (AvgIpc) is 2.96. The maximum atomic E-state index is 6.04. The van der Waals surface area contributed by atoms with Crippen LogP contribution in [0.15, 0.2) is 53.0 Å². The Kier molecular flexibility index (Phi) is 5.16. The van der Waals surface area contributed by atoms with Crippen molar-refractivity contribution >= 4 is 27.5 Å². The molecule has 2 aliphatic rings. The molecular formula is C20H22BrClN2O. The van der Waals surface area contributed by atoms with Gasteiger partial charge in [-0.05, 0) is 41.8 Å². The van der Waals surface area contributed by atoms with E-state index in [2.05, 4.69) is 69.3 Å². The molecule has 2 aliphatic heterocycles. The fourth-order valence-corrected chi connectivity index (χ4v) is 4.64. The molecule has 0 saturated carbocycles. The van der Waals surface area contributed by atoms with Gasteiger partial charge in [-0.2, -0.15) is 5.06 Å². The highest BCUT2D eigenvalue weighted by Gasteiger charge is 2.42. The molecule has 3 atom stereocenters. The van der Waals surface area contributed by atoms with Gasteiger partial charge in [0, 0.05) is 47.6 Å². The smallest absolute Gasteiger partial charge is 0.0741 e. The molecule has 25 heavy (non-hydrogen) atoms. The van der Waals surface area contributed by atoms with Gasteiger partial charge in [0.15, 0.2) is 0 Å². The number of nitrogens with zero attached hydrogens (tertiary/aromatic N) is 2. The van der Waals surface area contributed by atoms with E-state index in [0.29, 0.717) is 18.0 Å². The van der Waals surface area contributed by atoms with Gasteiger partial charge in [0.2, 0.25) is 0 Å². The molecule has 0 radical (unpaired) electrons. The summed E-state index contributed by atoms with van der Waals surface area (Å²) in [4.78, 5) is 8.39. The number of rotatable bonds is 3. The molecule has 0 N–H and O–H groups in total. The van der Waals surface area contributed by atoms with Crippen molar-refractivity contribution in [1.82, 2.24) is 9.96 Å². The van der Waals surface area contributed by atoms with E-state index in [1.165, 1.54) is 11.1 Å². The summed E-state index contributed by atoms with van der Waals surface area (Å²) in [5, 5.41) is 2.85. The minimum atomic E-state index is 0.388. The number of benzene rings is 2. The van der Waals surface area contributed by atoms with Crippen molar-refractivity contribution in [3.8, 4) is 0 Å². The zero-order valence-electron chi connectivity index (χ0n) is 14.2. The molecule has 0 aliphatic carbocycles. The largest absolute Gasteiger partial charge is 0.299 e. The van der Waals surface area contributed by atoms with Crippen LogP contribution in [0.4, 0.5) is 0 Å². The van der Waals surface area contributed by atoms with Crippen LogP contribution in [0, 0.1) is 5.92 Å². The highest BCUT2D eigenvalue weighted by atomic mass is 79.9. The molecule has 132 valence electrons. The molecule has 0 amide bonds. The topological polar surface area (TPSA) is 15.7 Å². The lowest BCUT2D eigenvalue weighted by Crippen LogP contribution is -2.46. The molecule has 0 bridgehead atoms. The lowest BCUT2D eigenvalue weighted by atomic mass is 9.85. The zero-order chi connectivity index (χ0) is 17.4. The fraction of sp³-hybridized carbons (Fsp3) is 0.400. The lowest BCUT2D eigenvalue weighted by Gasteiger charge is -2.42. The second-order valence-electron chi connectivity index (χ2n) is 7.03. The summed E-state index contributed by atoms with van der Waals surface area (Å²) in [6.45, 7) is 2.81. The van der Waals surface area contributed by atoms with E-state index in [9.17, 15) is 0 Å². The minimum Gasteiger partial charge on any atom is -0.299 e. The van der Waals surface area contributed by atoms with Crippen molar-refractivity contribution in [1.29, 1.82) is 0 Å². The SMILES string of the molecule is CN1OC[C@@H]2CN(Cc3ccc(Cl)cc3)[C@H](c3cccc(Br)c3)C[C@@H]21. The molecule has 2 fully saturated rings. The normalized spacial score (nSPS) is 27.4. The van der Waals surface area contributed by atoms with E-state index in [0.717, 1.165) is 35.6 Å². The molecule has 5 heteroatoms. The summed E-state index contributed by atoms with van der Waals surface area (Å²) >= 11 is 9.67. The molecule has 2 aromatic rings. The Hall–Kier alpha value is -0.910. The summed E-state index contributed by atoms with van der Waals surface area (Å²) in [6, 6.07) is 17.8. The first kappa shape index (κ1) is 17.5. The maximum Gasteiger partial charge on any atom is 0.0741 e. The van der Waals surface area contributed by atoms with Crippen LogP contribution in [0.3, 0.4) is 0 Å². The number of hydrogen-bond donors (Lipinski definition) is 0. The van der Waals surface area contributed by atoms with Gasteiger partial charge in [-0.1, -0.05) is 51.8 Å². The summed E-state index contributed by atoms with van der Waals surface area (Å²) < 4.78 is 1.13. The number of likely N-dealkylation sites (tertiary alicyclic amines) is 1. The molecule has 2 heterocycles. The highest BCUT2D eigenvalue weighted by Crippen LogP contribution is 2.39. The first-order chi connectivity index (χ1) is 12.1. The van der Waals surface area contributed by atoms with Crippen LogP contribution in [0.1, 0.15) is 23.6 Å². The van der Waals surface area contributed by atoms with Gasteiger partial charge < -0.3 is 0 Å². The van der Waals surface area contributed by atoms with Gasteiger partial charge in [-0.3, -0.25) is 9.74 Å². The Morgan fingerprint density at radius 3 is 2.76 bits per heavy atom. The molecular weight excluding hydrogens is 400 g/mol. The molecule has 0 aromatic heterocycles. The summed E-state index contributed by atoms with van der Waals surface area (Å²) in [5.41, 5.74) is 2.66. The average molecular weight is 422 g/mol. The number of hydrogen-bond acceptors (Lipinski definition) is 3. The van der Waals surface area contributed by atoms with Crippen LogP contribution in [-0.4, -0.2) is 36.2 Å². The summed E-state index contributed by atoms with van der Waals surface area (Å²) in [5.74, 6) is 0.570. The quantitative estimate of drug-likeness (QED) is 0.700. The van der Waals surface area contributed by atoms with Crippen molar-refractivity contribution in [2.75, 3.05) is 20.2 Å². The van der Waals surface area contributed by atoms with Gasteiger partial charge >= 0.3 is 0 Å². The van der Waals surface area contributed by atoms with Crippen LogP contribution in [0.5, 0.6) is 0 Å². The highest BCUT2D eigenvalue weighted by molar-refractivity contribution is 9.10. The third kappa shape index (κ3) is 3.79. The zero-order valence-corrected chi connectivity index (χ0v) is 16.6. The van der Waals surface area contributed by atoms with Crippen molar-refractivity contribution in [2.24, 2.45) is 5.92 Å². The Morgan fingerprint density at radius 1 is 1.20 bits per heavy atom. The predicted molar refractivity (Wildman–Crippen MR) is 104 cm³/mol. The molecule has 0 unspecified atom stereocenters. The molecule has 2 saturated heterocycles. The van der Waals surface area contributed by atoms with Crippen molar-refractivity contribution in [2.45, 2.75) is 25.0 Å². The summed E-state index contributed by atoms with van der Waals surface area (Å²) in [7, 11) is 2.07. The number of fused-ring (bicyclic) bond motifs is 1. The lowest BCUT2D eigenvalue weighted by molar-refractivity contribution is -0.114.